The number of halogens is 5. The molecule has 2 N–H and O–H groups in total. The van der Waals surface area contributed by atoms with Crippen LogP contribution in [0.1, 0.15) is 38.0 Å². The number of fused-ring (bicyclic) bond motifs is 1. The number of esters is 1. The van der Waals surface area contributed by atoms with E-state index in [0.717, 1.165) is 12.1 Å². The smallest absolute Gasteiger partial charge is 0.412 e. The molecule has 1 amide bonds. The topological polar surface area (TPSA) is 71.2 Å². The highest BCUT2D eigenvalue weighted by molar-refractivity contribution is 6.30. The van der Waals surface area contributed by atoms with Crippen LogP contribution in [0.4, 0.5) is 17.6 Å². The Labute approximate surface area is 173 Å². The van der Waals surface area contributed by atoms with Gasteiger partial charge in [-0.3, -0.25) is 4.79 Å². The third-order valence-electron chi connectivity index (χ3n) is 4.44. The maximum atomic E-state index is 13.5. The summed E-state index contributed by atoms with van der Waals surface area (Å²) in [7, 11) is 1.22. The normalized spacial score (nSPS) is 12.6. The number of ether oxygens (including phenoxy) is 1. The quantitative estimate of drug-likeness (QED) is 0.437. The van der Waals surface area contributed by atoms with Gasteiger partial charge in [0.2, 0.25) is 0 Å². The van der Waals surface area contributed by atoms with Crippen molar-refractivity contribution >= 4 is 34.4 Å². The number of rotatable bonds is 4. The molecule has 0 aliphatic rings. The second-order valence-corrected chi connectivity index (χ2v) is 7.02. The van der Waals surface area contributed by atoms with Crippen molar-refractivity contribution in [3.05, 3.63) is 69.6 Å². The van der Waals surface area contributed by atoms with E-state index in [-0.39, 0.29) is 16.3 Å². The molecule has 5 nitrogen and oxygen atoms in total. The summed E-state index contributed by atoms with van der Waals surface area (Å²) in [6.45, 7) is 1.65. The lowest BCUT2D eigenvalue weighted by molar-refractivity contribution is -0.155. The van der Waals surface area contributed by atoms with Crippen molar-refractivity contribution in [2.45, 2.75) is 19.1 Å². The van der Waals surface area contributed by atoms with Crippen LogP contribution in [-0.2, 0) is 4.74 Å². The van der Waals surface area contributed by atoms with Crippen LogP contribution in [-0.4, -0.2) is 30.1 Å². The third-order valence-corrected chi connectivity index (χ3v) is 4.65. The molecule has 1 heterocycles. The van der Waals surface area contributed by atoms with Gasteiger partial charge in [-0.2, -0.15) is 13.2 Å². The fourth-order valence-corrected chi connectivity index (χ4v) is 3.28. The number of hydrogen-bond donors (Lipinski definition) is 2. The van der Waals surface area contributed by atoms with Gasteiger partial charge in [-0.15, -0.1) is 0 Å². The average molecular weight is 443 g/mol. The predicted octanol–water partition coefficient (Wildman–Crippen LogP) is 5.09. The number of amides is 1. The highest BCUT2D eigenvalue weighted by atomic mass is 35.5. The van der Waals surface area contributed by atoms with Crippen LogP contribution in [0.15, 0.2) is 36.4 Å². The Hall–Kier alpha value is -3.07. The predicted molar refractivity (Wildman–Crippen MR) is 102 cm³/mol. The third kappa shape index (κ3) is 4.40. The number of aromatic amines is 1. The van der Waals surface area contributed by atoms with Gasteiger partial charge in [0.1, 0.15) is 11.5 Å². The molecular formula is C20H15ClF4N2O3. The number of methoxy groups -OCH3 is 1. The molecule has 30 heavy (non-hydrogen) atoms. The molecule has 0 saturated carbocycles. The zero-order valence-electron chi connectivity index (χ0n) is 15.7. The lowest BCUT2D eigenvalue weighted by Crippen LogP contribution is -2.38. The van der Waals surface area contributed by atoms with Crippen molar-refractivity contribution in [3.63, 3.8) is 0 Å². The van der Waals surface area contributed by atoms with Crippen molar-refractivity contribution in [1.29, 1.82) is 0 Å². The average Bonchev–Trinajstić information content (AvgIpc) is 3.05. The molecule has 0 radical (unpaired) electrons. The minimum Gasteiger partial charge on any atom is -0.465 e. The summed E-state index contributed by atoms with van der Waals surface area (Å²) in [5.74, 6) is -2.61. The Morgan fingerprint density at radius 2 is 1.83 bits per heavy atom. The Kier molecular flexibility index (Phi) is 5.76. The van der Waals surface area contributed by atoms with E-state index in [9.17, 15) is 27.2 Å². The van der Waals surface area contributed by atoms with E-state index >= 15 is 0 Å². The molecule has 3 rings (SSSR count). The molecule has 1 atom stereocenters. The molecule has 0 saturated heterocycles. The summed E-state index contributed by atoms with van der Waals surface area (Å²) >= 11 is 5.65. The van der Waals surface area contributed by atoms with Crippen molar-refractivity contribution < 1.29 is 31.9 Å². The summed E-state index contributed by atoms with van der Waals surface area (Å²) < 4.78 is 58.8. The van der Waals surface area contributed by atoms with E-state index in [4.69, 9.17) is 11.6 Å². The van der Waals surface area contributed by atoms with Gasteiger partial charge in [-0.1, -0.05) is 11.6 Å². The van der Waals surface area contributed by atoms with Gasteiger partial charge >= 0.3 is 12.1 Å². The van der Waals surface area contributed by atoms with Crippen LogP contribution >= 0.6 is 11.6 Å². The molecule has 0 fully saturated rings. The van der Waals surface area contributed by atoms with E-state index < -0.39 is 35.5 Å². The summed E-state index contributed by atoms with van der Waals surface area (Å²) in [5, 5.41) is 2.06. The lowest BCUT2D eigenvalue weighted by atomic mass is 10.1. The van der Waals surface area contributed by atoms with Gasteiger partial charge in [-0.25, -0.2) is 9.18 Å². The Balaban J connectivity index is 1.96. The number of aromatic nitrogens is 1. The highest BCUT2D eigenvalue weighted by Gasteiger charge is 2.42. The number of nitrogens with one attached hydrogen (secondary N) is 2. The number of H-pyrrole nitrogens is 1. The van der Waals surface area contributed by atoms with E-state index in [0.29, 0.717) is 22.5 Å². The molecule has 2 aromatic carbocycles. The van der Waals surface area contributed by atoms with E-state index in [1.165, 1.54) is 19.2 Å². The Bertz CT molecular complexity index is 1120. The molecule has 10 heteroatoms. The molecule has 158 valence electrons. The van der Waals surface area contributed by atoms with Gasteiger partial charge < -0.3 is 15.0 Å². The van der Waals surface area contributed by atoms with E-state index in [1.54, 1.807) is 13.0 Å². The first-order valence-electron chi connectivity index (χ1n) is 8.55. The van der Waals surface area contributed by atoms with Crippen LogP contribution < -0.4 is 5.32 Å². The standard InChI is InChI=1S/C20H15ClF4N2O3/c1-9-3-15-10(6-14(9)19(29)30-2)7-16(26-15)18(28)27-17(20(23,24)25)11-4-12(21)8-13(22)5-11/h3-8,17,26H,1-2H3,(H,27,28). The Morgan fingerprint density at radius 3 is 2.43 bits per heavy atom. The van der Waals surface area contributed by atoms with Crippen molar-refractivity contribution in [2.24, 2.45) is 0 Å². The van der Waals surface area contributed by atoms with Gasteiger partial charge in [-0.05, 0) is 54.4 Å². The van der Waals surface area contributed by atoms with Crippen LogP contribution in [0.5, 0.6) is 0 Å². The first kappa shape index (κ1) is 21.6. The van der Waals surface area contributed by atoms with Gasteiger partial charge in [0.25, 0.3) is 5.91 Å². The van der Waals surface area contributed by atoms with Gasteiger partial charge in [0, 0.05) is 15.9 Å². The highest BCUT2D eigenvalue weighted by Crippen LogP contribution is 2.34. The molecular weight excluding hydrogens is 428 g/mol. The van der Waals surface area contributed by atoms with Crippen molar-refractivity contribution in [1.82, 2.24) is 10.3 Å². The fourth-order valence-electron chi connectivity index (χ4n) is 3.05. The van der Waals surface area contributed by atoms with Crippen LogP contribution in [0.2, 0.25) is 5.02 Å². The second kappa shape index (κ2) is 7.98. The summed E-state index contributed by atoms with van der Waals surface area (Å²) in [5.41, 5.74) is 0.566. The molecule has 3 aromatic rings. The largest absolute Gasteiger partial charge is 0.465 e. The molecule has 1 unspecified atom stereocenters. The van der Waals surface area contributed by atoms with E-state index in [1.807, 2.05) is 5.32 Å². The summed E-state index contributed by atoms with van der Waals surface area (Å²) in [6, 6.07) is 4.32. The number of hydrogen-bond acceptors (Lipinski definition) is 3. The number of benzene rings is 2. The minimum atomic E-state index is -4.90. The molecule has 0 aliphatic carbocycles. The first-order chi connectivity index (χ1) is 14.0. The second-order valence-electron chi connectivity index (χ2n) is 6.58. The maximum absolute atomic E-state index is 13.5. The molecule has 0 spiro atoms. The van der Waals surface area contributed by atoms with Crippen LogP contribution in [0.25, 0.3) is 10.9 Å². The SMILES string of the molecule is COC(=O)c1cc2cc(C(=O)NC(c3cc(F)cc(Cl)c3)C(F)(F)F)[nH]c2cc1C. The maximum Gasteiger partial charge on any atom is 0.412 e. The Morgan fingerprint density at radius 1 is 1.13 bits per heavy atom. The summed E-state index contributed by atoms with van der Waals surface area (Å²) in [6.07, 6.45) is -4.90. The minimum absolute atomic E-state index is 0.164. The van der Waals surface area contributed by atoms with Crippen molar-refractivity contribution in [3.8, 4) is 0 Å². The molecule has 0 aliphatic heterocycles. The van der Waals surface area contributed by atoms with E-state index in [2.05, 4.69) is 9.72 Å². The van der Waals surface area contributed by atoms with Crippen LogP contribution in [0.3, 0.4) is 0 Å². The van der Waals surface area contributed by atoms with Gasteiger partial charge in [0.05, 0.1) is 12.7 Å². The van der Waals surface area contributed by atoms with Gasteiger partial charge in [0.15, 0.2) is 6.04 Å². The zero-order chi connectivity index (χ0) is 22.2. The van der Waals surface area contributed by atoms with Crippen molar-refractivity contribution in [2.75, 3.05) is 7.11 Å². The number of aryl methyl sites for hydroxylation is 1. The lowest BCUT2D eigenvalue weighted by Gasteiger charge is -2.22. The fraction of sp³-hybridized carbons (Fsp3) is 0.200. The zero-order valence-corrected chi connectivity index (χ0v) is 16.4. The monoisotopic (exact) mass is 442 g/mol. The summed E-state index contributed by atoms with van der Waals surface area (Å²) in [4.78, 5) is 27.0. The number of alkyl halides is 3. The molecule has 0 bridgehead atoms. The number of carbonyl (C=O) groups is 2. The molecule has 1 aromatic heterocycles. The first-order valence-corrected chi connectivity index (χ1v) is 8.92. The van der Waals surface area contributed by atoms with Crippen LogP contribution in [0, 0.1) is 12.7 Å². The number of carbonyl (C=O) groups excluding carboxylic acids is 2.